The number of carbonyl (C=O) groups is 1. The summed E-state index contributed by atoms with van der Waals surface area (Å²) in [6.45, 7) is 1.90. The van der Waals surface area contributed by atoms with Gasteiger partial charge in [-0.2, -0.15) is 0 Å². The Morgan fingerprint density at radius 3 is 2.65 bits per heavy atom. The molecule has 0 bridgehead atoms. The molecule has 0 atom stereocenters. The predicted octanol–water partition coefficient (Wildman–Crippen LogP) is 3.53. The first-order valence-electron chi connectivity index (χ1n) is 6.65. The maximum atomic E-state index is 12.3. The smallest absolute Gasteiger partial charge is 0.257 e. The molecule has 8 heteroatoms. The molecule has 116 valence electrons. The quantitative estimate of drug-likeness (QED) is 0.786. The molecule has 2 aromatic carbocycles. The van der Waals surface area contributed by atoms with Gasteiger partial charge in [0.1, 0.15) is 6.33 Å². The Labute approximate surface area is 142 Å². The lowest BCUT2D eigenvalue weighted by atomic mass is 10.1. The summed E-state index contributed by atoms with van der Waals surface area (Å²) in [7, 11) is 0. The van der Waals surface area contributed by atoms with Gasteiger partial charge in [0, 0.05) is 10.7 Å². The van der Waals surface area contributed by atoms with Crippen molar-refractivity contribution in [3.63, 3.8) is 0 Å². The second-order valence-electron chi connectivity index (χ2n) is 4.83. The number of anilines is 1. The molecule has 0 aliphatic rings. The molecule has 1 aromatic heterocycles. The first-order valence-corrected chi connectivity index (χ1v) is 7.40. The number of nitrogens with one attached hydrogen (secondary N) is 1. The van der Waals surface area contributed by atoms with E-state index in [1.165, 1.54) is 12.4 Å². The van der Waals surface area contributed by atoms with E-state index in [2.05, 4.69) is 20.8 Å². The molecule has 0 aliphatic heterocycles. The van der Waals surface area contributed by atoms with Crippen molar-refractivity contribution in [2.45, 2.75) is 6.92 Å². The average molecular weight is 348 g/mol. The van der Waals surface area contributed by atoms with Gasteiger partial charge in [0.05, 0.1) is 16.3 Å². The molecule has 0 aliphatic carbocycles. The zero-order valence-electron chi connectivity index (χ0n) is 12.0. The van der Waals surface area contributed by atoms with Crippen LogP contribution in [0.15, 0.2) is 42.7 Å². The molecule has 3 aromatic rings. The van der Waals surface area contributed by atoms with Crippen molar-refractivity contribution < 1.29 is 4.79 Å². The highest BCUT2D eigenvalue weighted by molar-refractivity contribution is 6.37. The van der Waals surface area contributed by atoms with Gasteiger partial charge in [-0.25, -0.2) is 4.68 Å². The molecule has 0 radical (unpaired) electrons. The third-order valence-corrected chi connectivity index (χ3v) is 3.77. The number of halogens is 2. The fourth-order valence-corrected chi connectivity index (χ4v) is 2.63. The second kappa shape index (κ2) is 6.36. The fourth-order valence-electron chi connectivity index (χ4n) is 2.13. The molecule has 0 spiro atoms. The summed E-state index contributed by atoms with van der Waals surface area (Å²) in [6, 6.07) is 10.2. The Hall–Kier alpha value is -2.44. The number of tetrazole rings is 1. The van der Waals surface area contributed by atoms with E-state index in [0.717, 1.165) is 11.3 Å². The summed E-state index contributed by atoms with van der Waals surface area (Å²) in [5.74, 6) is -0.304. The van der Waals surface area contributed by atoms with E-state index in [1.54, 1.807) is 22.9 Å². The first-order chi connectivity index (χ1) is 11.0. The number of hydrogen-bond acceptors (Lipinski definition) is 4. The largest absolute Gasteiger partial charge is 0.322 e. The molecule has 3 rings (SSSR count). The molecule has 6 nitrogen and oxygen atoms in total. The van der Waals surface area contributed by atoms with Crippen LogP contribution in [0.4, 0.5) is 5.69 Å². The number of rotatable bonds is 3. The van der Waals surface area contributed by atoms with Gasteiger partial charge in [-0.3, -0.25) is 4.79 Å². The summed E-state index contributed by atoms with van der Waals surface area (Å²) in [5.41, 5.74) is 2.75. The maximum absolute atomic E-state index is 12.3. The normalized spacial score (nSPS) is 10.6. The molecule has 0 unspecified atom stereocenters. The Morgan fingerprint density at radius 2 is 2.00 bits per heavy atom. The van der Waals surface area contributed by atoms with E-state index < -0.39 is 0 Å². The molecule has 1 amide bonds. The van der Waals surface area contributed by atoms with Gasteiger partial charge in [0.2, 0.25) is 0 Å². The van der Waals surface area contributed by atoms with Crippen molar-refractivity contribution in [1.82, 2.24) is 20.2 Å². The van der Waals surface area contributed by atoms with Crippen LogP contribution in [0, 0.1) is 6.92 Å². The van der Waals surface area contributed by atoms with E-state index in [1.807, 2.05) is 19.1 Å². The van der Waals surface area contributed by atoms with Crippen molar-refractivity contribution in [3.05, 3.63) is 63.9 Å². The van der Waals surface area contributed by atoms with Crippen LogP contribution in [0.1, 0.15) is 15.9 Å². The van der Waals surface area contributed by atoms with Gasteiger partial charge in [0.25, 0.3) is 5.91 Å². The van der Waals surface area contributed by atoms with Crippen molar-refractivity contribution in [1.29, 1.82) is 0 Å². The Morgan fingerprint density at radius 1 is 1.17 bits per heavy atom. The second-order valence-corrected chi connectivity index (χ2v) is 5.68. The first kappa shape index (κ1) is 15.5. The van der Waals surface area contributed by atoms with Gasteiger partial charge in [-0.15, -0.1) is 5.10 Å². The molecule has 23 heavy (non-hydrogen) atoms. The fraction of sp³-hybridized carbons (Fsp3) is 0.0667. The van der Waals surface area contributed by atoms with Crippen molar-refractivity contribution in [2.24, 2.45) is 0 Å². The lowest BCUT2D eigenvalue weighted by Gasteiger charge is -2.10. The minimum absolute atomic E-state index is 0.303. The van der Waals surface area contributed by atoms with Crippen LogP contribution in [0.2, 0.25) is 10.0 Å². The van der Waals surface area contributed by atoms with Crippen LogP contribution in [0.25, 0.3) is 5.69 Å². The van der Waals surface area contributed by atoms with Crippen LogP contribution in [0.3, 0.4) is 0 Å². The van der Waals surface area contributed by atoms with Gasteiger partial charge in [-0.1, -0.05) is 23.2 Å². The van der Waals surface area contributed by atoms with Crippen LogP contribution < -0.4 is 5.32 Å². The van der Waals surface area contributed by atoms with Crippen LogP contribution in [-0.4, -0.2) is 26.1 Å². The Balaban J connectivity index is 1.83. The third-order valence-electron chi connectivity index (χ3n) is 3.23. The highest BCUT2D eigenvalue weighted by Crippen LogP contribution is 2.23. The van der Waals surface area contributed by atoms with Crippen molar-refractivity contribution in [3.8, 4) is 5.69 Å². The van der Waals surface area contributed by atoms with Crippen LogP contribution in [-0.2, 0) is 0 Å². The summed E-state index contributed by atoms with van der Waals surface area (Å²) in [6.07, 6.45) is 1.51. The van der Waals surface area contributed by atoms with E-state index in [9.17, 15) is 4.79 Å². The summed E-state index contributed by atoms with van der Waals surface area (Å²) in [5, 5.41) is 14.6. The lowest BCUT2D eigenvalue weighted by molar-refractivity contribution is 0.102. The van der Waals surface area contributed by atoms with E-state index >= 15 is 0 Å². The SMILES string of the molecule is Cc1cc(NC(=O)c2ccc(Cl)cc2Cl)ccc1-n1cnnn1. The standard InChI is InChI=1S/C15H11Cl2N5O/c1-9-6-11(3-5-14(9)22-8-18-20-21-22)19-15(23)12-4-2-10(16)7-13(12)17/h2-8H,1H3,(H,19,23). The van der Waals surface area contributed by atoms with Crippen molar-refractivity contribution in [2.75, 3.05) is 5.32 Å². The highest BCUT2D eigenvalue weighted by Gasteiger charge is 2.12. The van der Waals surface area contributed by atoms with Crippen LogP contribution >= 0.6 is 23.2 Å². The molecular formula is C15H11Cl2N5O. The zero-order valence-corrected chi connectivity index (χ0v) is 13.5. The topological polar surface area (TPSA) is 72.7 Å². The minimum Gasteiger partial charge on any atom is -0.322 e. The van der Waals surface area contributed by atoms with Gasteiger partial charge in [-0.05, 0) is 59.3 Å². The lowest BCUT2D eigenvalue weighted by Crippen LogP contribution is -2.12. The predicted molar refractivity (Wildman–Crippen MR) is 88.3 cm³/mol. The number of aromatic nitrogens is 4. The number of carbonyl (C=O) groups excluding carboxylic acids is 1. The monoisotopic (exact) mass is 347 g/mol. The van der Waals surface area contributed by atoms with E-state index in [4.69, 9.17) is 23.2 Å². The molecule has 1 heterocycles. The average Bonchev–Trinajstić information content (AvgIpc) is 3.01. The van der Waals surface area contributed by atoms with Crippen molar-refractivity contribution >= 4 is 34.8 Å². The van der Waals surface area contributed by atoms with E-state index in [0.29, 0.717) is 21.3 Å². The summed E-state index contributed by atoms with van der Waals surface area (Å²) < 4.78 is 1.55. The molecule has 1 N–H and O–H groups in total. The number of nitrogens with zero attached hydrogens (tertiary/aromatic N) is 4. The van der Waals surface area contributed by atoms with Gasteiger partial charge in [0.15, 0.2) is 0 Å². The number of amides is 1. The zero-order chi connectivity index (χ0) is 16.4. The van der Waals surface area contributed by atoms with E-state index in [-0.39, 0.29) is 5.91 Å². The highest BCUT2D eigenvalue weighted by atomic mass is 35.5. The number of aryl methyl sites for hydroxylation is 1. The Kier molecular flexibility index (Phi) is 4.27. The van der Waals surface area contributed by atoms with Gasteiger partial charge < -0.3 is 5.32 Å². The number of hydrogen-bond donors (Lipinski definition) is 1. The minimum atomic E-state index is -0.304. The Bertz CT molecular complexity index is 864. The summed E-state index contributed by atoms with van der Waals surface area (Å²) in [4.78, 5) is 12.3. The molecule has 0 saturated carbocycles. The van der Waals surface area contributed by atoms with Gasteiger partial charge >= 0.3 is 0 Å². The molecular weight excluding hydrogens is 337 g/mol. The molecule has 0 saturated heterocycles. The number of benzene rings is 2. The third kappa shape index (κ3) is 3.33. The maximum Gasteiger partial charge on any atom is 0.257 e. The van der Waals surface area contributed by atoms with Crippen LogP contribution in [0.5, 0.6) is 0 Å². The molecule has 0 fully saturated rings. The summed E-state index contributed by atoms with van der Waals surface area (Å²) >= 11 is 11.9.